The monoisotopic (exact) mass is 592 g/mol. The molecular formula is C21H19BrN7O5S2+. The average molecular weight is 593 g/mol. The molecule has 0 spiro atoms. The van der Waals surface area contributed by atoms with Crippen molar-refractivity contribution in [2.45, 2.75) is 18.0 Å². The minimum Gasteiger partial charge on any atom is -0.477 e. The number of nitrogens with one attached hydrogen (secondary N) is 1. The highest BCUT2D eigenvalue weighted by atomic mass is 79.9. The lowest BCUT2D eigenvalue weighted by molar-refractivity contribution is -0.662. The Morgan fingerprint density at radius 1 is 1.42 bits per heavy atom. The smallest absolute Gasteiger partial charge is 0.352 e. The van der Waals surface area contributed by atoms with Crippen LogP contribution in [0.2, 0.25) is 0 Å². The number of anilines is 1. The maximum atomic E-state index is 13.1. The van der Waals surface area contributed by atoms with Crippen molar-refractivity contribution >= 4 is 73.3 Å². The highest BCUT2D eigenvalue weighted by molar-refractivity contribution is 9.11. The van der Waals surface area contributed by atoms with E-state index in [1.165, 1.54) is 23.8 Å². The second-order valence-corrected chi connectivity index (χ2v) is 11.3. The lowest BCUT2D eigenvalue weighted by Gasteiger charge is -2.49. The van der Waals surface area contributed by atoms with Crippen LogP contribution >= 0.6 is 39.0 Å². The number of carboxylic acid groups (broad SMARTS) is 1. The zero-order valence-corrected chi connectivity index (χ0v) is 21.8. The van der Waals surface area contributed by atoms with Gasteiger partial charge in [-0.2, -0.15) is 0 Å². The standard InChI is InChI=1S/C21H18BrN7O5S2/c1-34-26-13(12-16(22)36-21(23)25-12)17(30)24-14-18(31)29-15(20(32)33)10(9-35-19(14)29)8-28-7-6-27-5-3-2-4-11(27)28/h2-7,14,19H,8-9H2,1H3,(H3-,23,24,25,30,32,33)/p+1/b26-13-/t14-,19-/m1/s1. The van der Waals surface area contributed by atoms with E-state index in [-0.39, 0.29) is 22.2 Å². The normalized spacial score (nSPS) is 19.8. The molecule has 36 heavy (non-hydrogen) atoms. The molecule has 0 radical (unpaired) electrons. The van der Waals surface area contributed by atoms with Crippen LogP contribution in [0.15, 0.2) is 57.0 Å². The average Bonchev–Trinajstić information content (AvgIpc) is 3.42. The van der Waals surface area contributed by atoms with Crippen molar-refractivity contribution in [1.29, 1.82) is 0 Å². The molecule has 0 bridgehead atoms. The molecule has 12 nitrogen and oxygen atoms in total. The number of halogens is 1. The van der Waals surface area contributed by atoms with Crippen LogP contribution in [0, 0.1) is 0 Å². The predicted octanol–water partition coefficient (Wildman–Crippen LogP) is 0.817. The van der Waals surface area contributed by atoms with E-state index in [2.05, 4.69) is 31.4 Å². The molecule has 15 heteroatoms. The van der Waals surface area contributed by atoms with Crippen molar-refractivity contribution in [2.75, 3.05) is 18.6 Å². The van der Waals surface area contributed by atoms with Crippen LogP contribution < -0.4 is 15.6 Å². The van der Waals surface area contributed by atoms with Gasteiger partial charge in [-0.05, 0) is 22.0 Å². The molecule has 1 saturated heterocycles. The number of pyridine rings is 1. The van der Waals surface area contributed by atoms with E-state index in [1.807, 2.05) is 45.8 Å². The van der Waals surface area contributed by atoms with E-state index in [9.17, 15) is 19.5 Å². The summed E-state index contributed by atoms with van der Waals surface area (Å²) in [4.78, 5) is 48.4. The van der Waals surface area contributed by atoms with E-state index in [0.717, 1.165) is 17.0 Å². The van der Waals surface area contributed by atoms with Gasteiger partial charge in [-0.25, -0.2) is 18.7 Å². The predicted molar refractivity (Wildman–Crippen MR) is 135 cm³/mol. The highest BCUT2D eigenvalue weighted by Crippen LogP contribution is 2.40. The number of rotatable bonds is 7. The molecule has 0 unspecified atom stereocenters. The topological polar surface area (TPSA) is 156 Å². The quantitative estimate of drug-likeness (QED) is 0.157. The Balaban J connectivity index is 1.38. The number of nitrogen functional groups attached to an aromatic ring is 1. The van der Waals surface area contributed by atoms with Crippen LogP contribution in [0.5, 0.6) is 0 Å². The molecule has 0 aliphatic carbocycles. The number of hydrogen-bond acceptors (Lipinski definition) is 9. The van der Waals surface area contributed by atoms with Crippen molar-refractivity contribution in [1.82, 2.24) is 19.6 Å². The van der Waals surface area contributed by atoms with E-state index >= 15 is 0 Å². The number of oxime groups is 1. The summed E-state index contributed by atoms with van der Waals surface area (Å²) in [5.41, 5.74) is 7.18. The minimum absolute atomic E-state index is 0.0576. The molecule has 2 amide bonds. The number of hydrogen-bond donors (Lipinski definition) is 3. The highest BCUT2D eigenvalue weighted by Gasteiger charge is 2.54. The first-order valence-electron chi connectivity index (χ1n) is 10.5. The molecule has 0 saturated carbocycles. The third kappa shape index (κ3) is 4.12. The first kappa shape index (κ1) is 24.3. The number of amides is 2. The van der Waals surface area contributed by atoms with Gasteiger partial charge in [0.25, 0.3) is 17.5 Å². The Morgan fingerprint density at radius 2 is 2.22 bits per heavy atom. The summed E-state index contributed by atoms with van der Waals surface area (Å²) in [6, 6.07) is 4.79. The van der Waals surface area contributed by atoms with E-state index in [1.54, 1.807) is 0 Å². The lowest BCUT2D eigenvalue weighted by atomic mass is 10.0. The summed E-state index contributed by atoms with van der Waals surface area (Å²) in [6.45, 7) is 0.312. The Bertz CT molecular complexity index is 1470. The maximum Gasteiger partial charge on any atom is 0.352 e. The molecule has 4 N–H and O–H groups in total. The molecule has 186 valence electrons. The maximum absolute atomic E-state index is 13.1. The largest absolute Gasteiger partial charge is 0.477 e. The number of nitrogens with zero attached hydrogens (tertiary/aromatic N) is 5. The van der Waals surface area contributed by atoms with Crippen LogP contribution in [0.1, 0.15) is 5.69 Å². The fraction of sp³-hybridized carbons (Fsp3) is 0.238. The first-order valence-corrected chi connectivity index (χ1v) is 13.1. The molecule has 3 aromatic rings. The zero-order chi connectivity index (χ0) is 25.6. The second-order valence-electron chi connectivity index (χ2n) is 7.81. The molecular weight excluding hydrogens is 574 g/mol. The number of β-lactam (4-membered cyclic amide) rings is 1. The number of carboxylic acids is 1. The number of thioether (sulfide) groups is 1. The van der Waals surface area contributed by atoms with E-state index in [4.69, 9.17) is 10.6 Å². The number of fused-ring (bicyclic) bond motifs is 2. The van der Waals surface area contributed by atoms with Gasteiger partial charge in [0.1, 0.15) is 52.6 Å². The fourth-order valence-electron chi connectivity index (χ4n) is 4.15. The Hall–Kier alpha value is -3.43. The molecule has 2 aliphatic rings. The number of thiazole rings is 1. The van der Waals surface area contributed by atoms with Crippen LogP contribution in [-0.4, -0.2) is 67.2 Å². The summed E-state index contributed by atoms with van der Waals surface area (Å²) < 4.78 is 4.33. The van der Waals surface area contributed by atoms with Crippen molar-refractivity contribution in [3.05, 3.63) is 57.5 Å². The third-order valence-corrected chi connectivity index (χ3v) is 8.56. The third-order valence-electron chi connectivity index (χ3n) is 5.69. The fourth-order valence-corrected chi connectivity index (χ4v) is 6.81. The van der Waals surface area contributed by atoms with Gasteiger partial charge in [-0.3, -0.25) is 14.5 Å². The van der Waals surface area contributed by atoms with E-state index in [0.29, 0.717) is 21.7 Å². The van der Waals surface area contributed by atoms with Crippen molar-refractivity contribution in [3.8, 4) is 0 Å². The van der Waals surface area contributed by atoms with Crippen LogP contribution in [0.25, 0.3) is 5.65 Å². The number of imidazole rings is 1. The summed E-state index contributed by atoms with van der Waals surface area (Å²) in [5.74, 6) is -2.02. The van der Waals surface area contributed by atoms with Crippen LogP contribution in [-0.2, 0) is 25.8 Å². The van der Waals surface area contributed by atoms with Gasteiger partial charge in [-0.15, -0.1) is 11.8 Å². The van der Waals surface area contributed by atoms with Gasteiger partial charge in [0.2, 0.25) is 0 Å². The van der Waals surface area contributed by atoms with Gasteiger partial charge in [0, 0.05) is 17.4 Å². The Labute approximate surface area is 220 Å². The van der Waals surface area contributed by atoms with Crippen LogP contribution in [0.4, 0.5) is 5.13 Å². The molecule has 2 aliphatic heterocycles. The SMILES string of the molecule is CO/N=C(\C(=O)N[C@@H]1C(=O)N2C(C(=O)O)=C(C[n+]3ccn4ccccc43)CS[C@H]12)c1nc(N)sc1Br. The number of nitrogens with two attached hydrogens (primary N) is 1. The van der Waals surface area contributed by atoms with Crippen molar-refractivity contribution in [2.24, 2.45) is 5.16 Å². The van der Waals surface area contributed by atoms with E-state index < -0.39 is 29.2 Å². The minimum atomic E-state index is -1.19. The van der Waals surface area contributed by atoms with Crippen molar-refractivity contribution < 1.29 is 28.9 Å². The van der Waals surface area contributed by atoms with Gasteiger partial charge < -0.3 is 21.0 Å². The van der Waals surface area contributed by atoms with Gasteiger partial charge in [-0.1, -0.05) is 22.6 Å². The van der Waals surface area contributed by atoms with Crippen molar-refractivity contribution in [3.63, 3.8) is 0 Å². The number of carbonyl (C=O) groups is 3. The number of carbonyl (C=O) groups excluding carboxylic acids is 2. The molecule has 3 aromatic heterocycles. The first-order chi connectivity index (χ1) is 17.3. The molecule has 5 rings (SSSR count). The second kappa shape index (κ2) is 9.55. The molecule has 2 atom stereocenters. The lowest BCUT2D eigenvalue weighted by Crippen LogP contribution is -2.71. The summed E-state index contributed by atoms with van der Waals surface area (Å²) in [5, 5.41) is 16.0. The number of aromatic nitrogens is 3. The molecule has 5 heterocycles. The summed E-state index contributed by atoms with van der Waals surface area (Å²) in [7, 11) is 1.28. The van der Waals surface area contributed by atoms with Gasteiger partial charge >= 0.3 is 5.97 Å². The van der Waals surface area contributed by atoms with Gasteiger partial charge in [0.05, 0.1) is 6.20 Å². The Morgan fingerprint density at radius 3 is 2.92 bits per heavy atom. The van der Waals surface area contributed by atoms with Crippen LogP contribution in [0.3, 0.4) is 0 Å². The molecule has 1 fully saturated rings. The molecule has 0 aromatic carbocycles. The number of aliphatic carboxylic acids is 1. The summed E-state index contributed by atoms with van der Waals surface area (Å²) in [6.07, 6.45) is 5.64. The zero-order valence-electron chi connectivity index (χ0n) is 18.6. The summed E-state index contributed by atoms with van der Waals surface area (Å²) >= 11 is 5.80. The Kier molecular flexibility index (Phi) is 6.44. The van der Waals surface area contributed by atoms with Gasteiger partial charge in [0.15, 0.2) is 10.8 Å².